The van der Waals surface area contributed by atoms with E-state index in [1.54, 1.807) is 20.5 Å². The van der Waals surface area contributed by atoms with E-state index in [0.717, 1.165) is 49.1 Å². The minimum absolute atomic E-state index is 0.507. The van der Waals surface area contributed by atoms with E-state index < -0.39 is 8.38 Å². The van der Waals surface area contributed by atoms with Crippen molar-refractivity contribution in [2.75, 3.05) is 38.4 Å². The quantitative estimate of drug-likeness (QED) is 0.723. The first kappa shape index (κ1) is 21.6. The Morgan fingerprint density at radius 1 is 1.07 bits per heavy atom. The lowest BCUT2D eigenvalue weighted by atomic mass is 9.94. The van der Waals surface area contributed by atoms with E-state index in [9.17, 15) is 0 Å². The van der Waals surface area contributed by atoms with Crippen LogP contribution in [0.5, 0.6) is 11.5 Å². The molecule has 0 radical (unpaired) electrons. The van der Waals surface area contributed by atoms with Gasteiger partial charge in [-0.25, -0.2) is 9.97 Å². The van der Waals surface area contributed by atoms with Gasteiger partial charge in [-0.1, -0.05) is 13.8 Å². The van der Waals surface area contributed by atoms with Crippen molar-refractivity contribution in [2.45, 2.75) is 33.1 Å². The molecule has 0 bridgehead atoms. The van der Waals surface area contributed by atoms with Gasteiger partial charge < -0.3 is 24.2 Å². The summed E-state index contributed by atoms with van der Waals surface area (Å²) in [5.74, 6) is 2.78. The highest BCUT2D eigenvalue weighted by Crippen LogP contribution is 2.36. The van der Waals surface area contributed by atoms with Crippen LogP contribution in [-0.2, 0) is 0 Å². The van der Waals surface area contributed by atoms with Gasteiger partial charge in [-0.2, -0.15) is 0 Å². The average Bonchev–Trinajstić information content (AvgIpc) is 2.72. The molecule has 2 aromatic rings. The van der Waals surface area contributed by atoms with Crippen LogP contribution in [0, 0.1) is 5.92 Å². The monoisotopic (exact) mass is 395 g/mol. The van der Waals surface area contributed by atoms with Crippen molar-refractivity contribution in [3.63, 3.8) is 0 Å². The third-order valence-electron chi connectivity index (χ3n) is 4.77. The van der Waals surface area contributed by atoms with Gasteiger partial charge in [0.15, 0.2) is 19.9 Å². The summed E-state index contributed by atoms with van der Waals surface area (Å²) in [4.78, 5) is 29.3. The highest BCUT2D eigenvalue weighted by Gasteiger charge is 2.23. The second-order valence-electron chi connectivity index (χ2n) is 6.24. The van der Waals surface area contributed by atoms with Crippen LogP contribution in [0.25, 0.3) is 10.9 Å². The summed E-state index contributed by atoms with van der Waals surface area (Å²) >= 11 is 0. The Morgan fingerprint density at radius 2 is 1.70 bits per heavy atom. The number of rotatable bonds is 6. The molecule has 8 heteroatoms. The Labute approximate surface area is 162 Å². The van der Waals surface area contributed by atoms with Gasteiger partial charge in [0.25, 0.3) is 0 Å². The molecule has 0 atom stereocenters. The van der Waals surface area contributed by atoms with Crippen molar-refractivity contribution in [3.05, 3.63) is 18.5 Å². The van der Waals surface area contributed by atoms with Crippen molar-refractivity contribution in [1.29, 1.82) is 0 Å². The van der Waals surface area contributed by atoms with E-state index in [4.69, 9.17) is 19.3 Å². The van der Waals surface area contributed by atoms with E-state index in [-0.39, 0.29) is 0 Å². The lowest BCUT2D eigenvalue weighted by molar-refractivity contribution is 0.355. The molecule has 1 aliphatic rings. The predicted octanol–water partition coefficient (Wildman–Crippen LogP) is 3.58. The van der Waals surface area contributed by atoms with Crippen LogP contribution in [0.15, 0.2) is 18.5 Å². The van der Waals surface area contributed by atoms with Crippen LogP contribution in [0.3, 0.4) is 0 Å². The van der Waals surface area contributed by atoms with E-state index >= 15 is 0 Å². The summed E-state index contributed by atoms with van der Waals surface area (Å²) in [6, 6.07) is 3.80. The van der Waals surface area contributed by atoms with Crippen molar-refractivity contribution in [2.24, 2.45) is 5.92 Å². The minimum Gasteiger partial charge on any atom is -0.493 e. The van der Waals surface area contributed by atoms with Crippen molar-refractivity contribution in [3.8, 4) is 11.5 Å². The van der Waals surface area contributed by atoms with Gasteiger partial charge in [-0.05, 0) is 31.2 Å². The zero-order valence-electron chi connectivity index (χ0n) is 16.6. The summed E-state index contributed by atoms with van der Waals surface area (Å²) < 4.78 is 10.8. The summed E-state index contributed by atoms with van der Waals surface area (Å²) in [6.07, 6.45) is 5.03. The maximum absolute atomic E-state index is 9.09. The molecule has 1 aromatic carbocycles. The topological polar surface area (TPSA) is 87.9 Å². The molecule has 150 valence electrons. The number of hydrogen-bond acceptors (Lipinski definition) is 7. The highest BCUT2D eigenvalue weighted by molar-refractivity contribution is 7.45. The summed E-state index contributed by atoms with van der Waals surface area (Å²) in [5.41, 5.74) is 0.830. The first-order chi connectivity index (χ1) is 13.1. The average molecular weight is 395 g/mol. The maximum atomic E-state index is 9.09. The number of anilines is 1. The Hall–Kier alpha value is -1.69. The molecule has 1 saturated heterocycles. The zero-order valence-corrected chi connectivity index (χ0v) is 17.4. The molecule has 1 fully saturated rings. The molecule has 2 heterocycles. The SMILES string of the molecule is CC.COc1cc2ncnc(N3CCC(CCP(O)O)CC3)c2cc1OC. The second kappa shape index (κ2) is 10.6. The predicted molar refractivity (Wildman–Crippen MR) is 110 cm³/mol. The van der Waals surface area contributed by atoms with Crippen molar-refractivity contribution >= 4 is 25.1 Å². The number of fused-ring (bicyclic) bond motifs is 1. The van der Waals surface area contributed by atoms with E-state index in [1.165, 1.54) is 0 Å². The molecule has 2 N–H and O–H groups in total. The Balaban J connectivity index is 0.00000126. The van der Waals surface area contributed by atoms with E-state index in [2.05, 4.69) is 14.9 Å². The van der Waals surface area contributed by atoms with Gasteiger partial charge in [0.05, 0.1) is 19.7 Å². The third kappa shape index (κ3) is 5.41. The van der Waals surface area contributed by atoms with Gasteiger partial charge in [0.2, 0.25) is 0 Å². The van der Waals surface area contributed by atoms with Crippen LogP contribution in [0.2, 0.25) is 0 Å². The maximum Gasteiger partial charge on any atom is 0.164 e. The number of aromatic nitrogens is 2. The molecular weight excluding hydrogens is 365 g/mol. The van der Waals surface area contributed by atoms with E-state index in [1.807, 2.05) is 26.0 Å². The summed E-state index contributed by atoms with van der Waals surface area (Å²) in [7, 11) is 1.46. The van der Waals surface area contributed by atoms with Crippen LogP contribution in [0.4, 0.5) is 5.82 Å². The second-order valence-corrected chi connectivity index (χ2v) is 7.43. The molecule has 0 spiro atoms. The Bertz CT molecular complexity index is 721. The molecular formula is C19H30N3O4P. The highest BCUT2D eigenvalue weighted by atomic mass is 31.2. The number of piperidine rings is 1. The van der Waals surface area contributed by atoms with Gasteiger partial charge in [-0.15, -0.1) is 0 Å². The largest absolute Gasteiger partial charge is 0.493 e. The lowest BCUT2D eigenvalue weighted by Crippen LogP contribution is -2.34. The van der Waals surface area contributed by atoms with Crippen LogP contribution < -0.4 is 14.4 Å². The summed E-state index contributed by atoms with van der Waals surface area (Å²) in [5, 5.41) is 0.952. The van der Waals surface area contributed by atoms with Crippen LogP contribution >= 0.6 is 8.38 Å². The van der Waals surface area contributed by atoms with Gasteiger partial charge in [0, 0.05) is 30.7 Å². The normalized spacial score (nSPS) is 14.9. The number of benzene rings is 1. The van der Waals surface area contributed by atoms with Gasteiger partial charge in [0.1, 0.15) is 12.1 Å². The Morgan fingerprint density at radius 3 is 2.30 bits per heavy atom. The molecule has 7 nitrogen and oxygen atoms in total. The molecule has 27 heavy (non-hydrogen) atoms. The molecule has 0 unspecified atom stereocenters. The number of nitrogens with zero attached hydrogens (tertiary/aromatic N) is 3. The fourth-order valence-corrected chi connectivity index (χ4v) is 3.95. The number of ether oxygens (including phenoxy) is 2. The van der Waals surface area contributed by atoms with E-state index in [0.29, 0.717) is 23.6 Å². The van der Waals surface area contributed by atoms with Crippen molar-refractivity contribution in [1.82, 2.24) is 9.97 Å². The molecule has 0 saturated carbocycles. The smallest absolute Gasteiger partial charge is 0.164 e. The first-order valence-electron chi connectivity index (χ1n) is 9.39. The third-order valence-corrected chi connectivity index (χ3v) is 5.43. The molecule has 1 aliphatic heterocycles. The number of hydrogen-bond donors (Lipinski definition) is 2. The van der Waals surface area contributed by atoms with Crippen LogP contribution in [-0.4, -0.2) is 53.2 Å². The fourth-order valence-electron chi connectivity index (χ4n) is 3.35. The molecule has 3 rings (SSSR count). The lowest BCUT2D eigenvalue weighted by Gasteiger charge is -2.33. The zero-order chi connectivity index (χ0) is 19.8. The van der Waals surface area contributed by atoms with Crippen molar-refractivity contribution < 1.29 is 19.3 Å². The number of methoxy groups -OCH3 is 2. The standard InChI is InChI=1S/C17H24N3O4P.C2H6/c1-23-15-9-13-14(10-16(15)24-2)18-11-19-17(13)20-6-3-12(4-7-20)5-8-25(21)22;1-2/h9-12,21-22H,3-8H2,1-2H3;1-2H3. The van der Waals surface area contributed by atoms with Crippen LogP contribution in [0.1, 0.15) is 33.1 Å². The van der Waals surface area contributed by atoms with Gasteiger partial charge >= 0.3 is 0 Å². The Kier molecular flexibility index (Phi) is 8.48. The fraction of sp³-hybridized carbons (Fsp3) is 0.579. The molecule has 1 aromatic heterocycles. The minimum atomic E-state index is -1.77. The molecule has 0 aliphatic carbocycles. The van der Waals surface area contributed by atoms with Gasteiger partial charge in [-0.3, -0.25) is 0 Å². The molecule has 0 amide bonds. The summed E-state index contributed by atoms with van der Waals surface area (Å²) in [6.45, 7) is 5.81. The first-order valence-corrected chi connectivity index (χ1v) is 10.8.